The summed E-state index contributed by atoms with van der Waals surface area (Å²) < 4.78 is 0. The number of hydrogen-bond donors (Lipinski definition) is 0. The summed E-state index contributed by atoms with van der Waals surface area (Å²) in [5, 5.41) is 0. The third-order valence-electron chi connectivity index (χ3n) is 7.93. The van der Waals surface area contributed by atoms with E-state index in [1.54, 1.807) is 0 Å². The van der Waals surface area contributed by atoms with Crippen molar-refractivity contribution < 1.29 is 0 Å². The van der Waals surface area contributed by atoms with Gasteiger partial charge in [-0.2, -0.15) is 0 Å². The molecule has 1 aliphatic carbocycles. The van der Waals surface area contributed by atoms with Crippen LogP contribution in [0.2, 0.25) is 0 Å². The minimum Gasteiger partial charge on any atom is -0.0654 e. The summed E-state index contributed by atoms with van der Waals surface area (Å²) in [6.07, 6.45) is 12.7. The molecule has 0 saturated heterocycles. The van der Waals surface area contributed by atoms with Gasteiger partial charge < -0.3 is 0 Å². The SMILES string of the molecule is CCCCCC(C)C1C(C)(CCC(C)CC)C1(C)CC(C)CC(C)C. The van der Waals surface area contributed by atoms with Gasteiger partial charge in [-0.15, -0.1) is 0 Å². The van der Waals surface area contributed by atoms with Gasteiger partial charge in [0.05, 0.1) is 0 Å². The molecule has 0 aromatic rings. The van der Waals surface area contributed by atoms with Crippen molar-refractivity contribution in [3.63, 3.8) is 0 Å². The average molecular weight is 351 g/mol. The van der Waals surface area contributed by atoms with E-state index in [-0.39, 0.29) is 0 Å². The molecule has 0 aliphatic heterocycles. The quantitative estimate of drug-likeness (QED) is 0.291. The highest BCUT2D eigenvalue weighted by Gasteiger charge is 2.70. The van der Waals surface area contributed by atoms with Crippen LogP contribution in [0.3, 0.4) is 0 Å². The molecule has 0 spiro atoms. The summed E-state index contributed by atoms with van der Waals surface area (Å²) in [7, 11) is 0. The first-order valence-corrected chi connectivity index (χ1v) is 11.6. The van der Waals surface area contributed by atoms with Gasteiger partial charge in [0.15, 0.2) is 0 Å². The van der Waals surface area contributed by atoms with Crippen molar-refractivity contribution in [1.29, 1.82) is 0 Å². The van der Waals surface area contributed by atoms with Crippen LogP contribution in [0.1, 0.15) is 120 Å². The number of unbranched alkanes of at least 4 members (excludes halogenated alkanes) is 2. The molecule has 0 heterocycles. The van der Waals surface area contributed by atoms with E-state index in [9.17, 15) is 0 Å². The van der Waals surface area contributed by atoms with Crippen LogP contribution in [-0.2, 0) is 0 Å². The summed E-state index contributed by atoms with van der Waals surface area (Å²) >= 11 is 0. The second-order valence-corrected chi connectivity index (χ2v) is 10.8. The maximum absolute atomic E-state index is 2.65. The monoisotopic (exact) mass is 350 g/mol. The first kappa shape index (κ1) is 23.0. The minimum atomic E-state index is 0.584. The van der Waals surface area contributed by atoms with E-state index in [2.05, 4.69) is 62.3 Å². The summed E-state index contributed by atoms with van der Waals surface area (Å²) in [5.74, 6) is 4.47. The van der Waals surface area contributed by atoms with Crippen LogP contribution < -0.4 is 0 Å². The molecule has 6 unspecified atom stereocenters. The van der Waals surface area contributed by atoms with Gasteiger partial charge in [0.25, 0.3) is 0 Å². The average Bonchev–Trinajstić information content (AvgIpc) is 2.99. The molecular formula is C25H50. The first-order chi connectivity index (χ1) is 11.6. The van der Waals surface area contributed by atoms with E-state index < -0.39 is 0 Å². The van der Waals surface area contributed by atoms with Crippen molar-refractivity contribution in [3.8, 4) is 0 Å². The molecule has 0 aromatic carbocycles. The van der Waals surface area contributed by atoms with E-state index in [0.29, 0.717) is 10.8 Å². The first-order valence-electron chi connectivity index (χ1n) is 11.6. The summed E-state index contributed by atoms with van der Waals surface area (Å²) in [4.78, 5) is 0. The zero-order valence-corrected chi connectivity index (χ0v) is 19.3. The molecular weight excluding hydrogens is 300 g/mol. The van der Waals surface area contributed by atoms with Crippen LogP contribution in [0.15, 0.2) is 0 Å². The maximum atomic E-state index is 2.65. The third-order valence-corrected chi connectivity index (χ3v) is 7.93. The highest BCUT2D eigenvalue weighted by atomic mass is 14.7. The lowest BCUT2D eigenvalue weighted by molar-refractivity contribution is 0.262. The summed E-state index contributed by atoms with van der Waals surface area (Å²) in [6.45, 7) is 22.3. The lowest BCUT2D eigenvalue weighted by Gasteiger charge is -2.24. The fraction of sp³-hybridized carbons (Fsp3) is 1.00. The molecule has 0 nitrogen and oxygen atoms in total. The fourth-order valence-corrected chi connectivity index (χ4v) is 6.30. The minimum absolute atomic E-state index is 0.584. The molecule has 1 saturated carbocycles. The van der Waals surface area contributed by atoms with Gasteiger partial charge in [0.2, 0.25) is 0 Å². The molecule has 150 valence electrons. The molecule has 1 rings (SSSR count). The lowest BCUT2D eigenvalue weighted by atomic mass is 9.81. The Balaban J connectivity index is 2.80. The Labute approximate surface area is 160 Å². The molecule has 1 aliphatic rings. The molecule has 0 aromatic heterocycles. The van der Waals surface area contributed by atoms with Crippen LogP contribution in [0.4, 0.5) is 0 Å². The van der Waals surface area contributed by atoms with Crippen molar-refractivity contribution in [1.82, 2.24) is 0 Å². The number of hydrogen-bond acceptors (Lipinski definition) is 0. The van der Waals surface area contributed by atoms with Gasteiger partial charge >= 0.3 is 0 Å². The summed E-state index contributed by atoms with van der Waals surface area (Å²) in [6, 6.07) is 0. The molecule has 6 atom stereocenters. The van der Waals surface area contributed by atoms with E-state index in [1.807, 2.05) is 0 Å². The fourth-order valence-electron chi connectivity index (χ4n) is 6.30. The second kappa shape index (κ2) is 9.80. The van der Waals surface area contributed by atoms with Crippen molar-refractivity contribution >= 4 is 0 Å². The van der Waals surface area contributed by atoms with Crippen molar-refractivity contribution in [2.75, 3.05) is 0 Å². The second-order valence-electron chi connectivity index (χ2n) is 10.8. The Morgan fingerprint density at radius 3 is 1.96 bits per heavy atom. The normalized spacial score (nSPS) is 32.6. The van der Waals surface area contributed by atoms with Crippen molar-refractivity contribution in [2.45, 2.75) is 120 Å². The molecule has 0 N–H and O–H groups in total. The van der Waals surface area contributed by atoms with Crippen LogP contribution in [-0.4, -0.2) is 0 Å². The van der Waals surface area contributed by atoms with Gasteiger partial charge in [-0.1, -0.05) is 101 Å². The maximum Gasteiger partial charge on any atom is -0.0230 e. The van der Waals surface area contributed by atoms with Gasteiger partial charge in [-0.3, -0.25) is 0 Å². The Bertz CT molecular complexity index is 370. The predicted molar refractivity (Wildman–Crippen MR) is 115 cm³/mol. The molecule has 1 fully saturated rings. The third kappa shape index (κ3) is 5.74. The highest BCUT2D eigenvalue weighted by molar-refractivity contribution is 5.18. The van der Waals surface area contributed by atoms with E-state index in [1.165, 1.54) is 57.8 Å². The molecule has 25 heavy (non-hydrogen) atoms. The Morgan fingerprint density at radius 1 is 0.800 bits per heavy atom. The van der Waals surface area contributed by atoms with Crippen LogP contribution in [0.5, 0.6) is 0 Å². The van der Waals surface area contributed by atoms with Gasteiger partial charge in [-0.05, 0) is 59.7 Å². The Kier molecular flexibility index (Phi) is 9.03. The van der Waals surface area contributed by atoms with Crippen LogP contribution in [0, 0.1) is 40.4 Å². The summed E-state index contributed by atoms with van der Waals surface area (Å²) in [5.41, 5.74) is 1.17. The molecule has 0 amide bonds. The van der Waals surface area contributed by atoms with E-state index >= 15 is 0 Å². The van der Waals surface area contributed by atoms with Crippen LogP contribution in [0.25, 0.3) is 0 Å². The smallest absolute Gasteiger partial charge is 0.0230 e. The molecule has 0 radical (unpaired) electrons. The Morgan fingerprint density at radius 2 is 1.44 bits per heavy atom. The van der Waals surface area contributed by atoms with Gasteiger partial charge in [-0.25, -0.2) is 0 Å². The van der Waals surface area contributed by atoms with Gasteiger partial charge in [0, 0.05) is 0 Å². The van der Waals surface area contributed by atoms with E-state index in [0.717, 1.165) is 29.6 Å². The van der Waals surface area contributed by atoms with Crippen LogP contribution >= 0.6 is 0 Å². The topological polar surface area (TPSA) is 0 Å². The lowest BCUT2D eigenvalue weighted by Crippen LogP contribution is -2.14. The molecule has 0 bridgehead atoms. The highest BCUT2D eigenvalue weighted by Crippen LogP contribution is 2.76. The standard InChI is InChI=1S/C25H50/c1-10-12-13-14-22(7)23-24(8,16-15-20(5)11-2)25(23,9)18-21(6)17-19(3)4/h19-23H,10-18H2,1-9H3. The zero-order valence-electron chi connectivity index (χ0n) is 19.3. The predicted octanol–water partition coefficient (Wildman–Crippen LogP) is 8.74. The van der Waals surface area contributed by atoms with Gasteiger partial charge in [0.1, 0.15) is 0 Å². The van der Waals surface area contributed by atoms with E-state index in [4.69, 9.17) is 0 Å². The zero-order chi connectivity index (χ0) is 19.3. The van der Waals surface area contributed by atoms with Crippen molar-refractivity contribution in [3.05, 3.63) is 0 Å². The molecule has 0 heteroatoms. The number of rotatable bonds is 13. The largest absolute Gasteiger partial charge is 0.0654 e. The Hall–Kier alpha value is 0. The van der Waals surface area contributed by atoms with Crippen molar-refractivity contribution in [2.24, 2.45) is 40.4 Å².